The summed E-state index contributed by atoms with van der Waals surface area (Å²) in [5.74, 6) is -8.62. The first kappa shape index (κ1) is 9.31. The quantitative estimate of drug-likeness (QED) is 0.423. The Kier molecular flexibility index (Phi) is 2.27. The molecule has 12 heavy (non-hydrogen) atoms. The Hall–Kier alpha value is -0.780. The van der Waals surface area contributed by atoms with E-state index < -0.39 is 33.5 Å². The molecule has 0 spiro atoms. The molecule has 0 aromatic heterocycles. The van der Waals surface area contributed by atoms with Crippen molar-refractivity contribution in [3.8, 4) is 5.75 Å². The number of hydrogen-bond acceptors (Lipinski definition) is 1. The molecule has 1 aromatic carbocycles. The molecule has 0 amide bonds. The monoisotopic (exact) mass is 244 g/mol. The molecular weight excluding hydrogens is 244 g/mol. The van der Waals surface area contributed by atoms with E-state index in [0.29, 0.717) is 0 Å². The van der Waals surface area contributed by atoms with Gasteiger partial charge in [-0.3, -0.25) is 0 Å². The lowest BCUT2D eigenvalue weighted by molar-refractivity contribution is 0.353. The molecule has 0 fully saturated rings. The highest BCUT2D eigenvalue weighted by Crippen LogP contribution is 2.31. The molecular formula is C6HBrF4O. The van der Waals surface area contributed by atoms with Crippen molar-refractivity contribution in [3.63, 3.8) is 0 Å². The van der Waals surface area contributed by atoms with Gasteiger partial charge in [0.15, 0.2) is 17.4 Å². The van der Waals surface area contributed by atoms with Crippen LogP contribution in [0.3, 0.4) is 0 Å². The van der Waals surface area contributed by atoms with Gasteiger partial charge in [0, 0.05) is 0 Å². The summed E-state index contributed by atoms with van der Waals surface area (Å²) < 4.78 is 48.7. The van der Waals surface area contributed by atoms with Crippen LogP contribution in [0, 0.1) is 23.3 Å². The molecule has 0 bridgehead atoms. The fraction of sp³-hybridized carbons (Fsp3) is 0. The lowest BCUT2D eigenvalue weighted by Gasteiger charge is -2.02. The molecule has 1 N–H and O–H groups in total. The summed E-state index contributed by atoms with van der Waals surface area (Å²) >= 11 is 2.27. The second-order valence-corrected chi connectivity index (χ2v) is 2.71. The molecule has 0 atom stereocenters. The van der Waals surface area contributed by atoms with Gasteiger partial charge < -0.3 is 5.11 Å². The molecule has 0 aliphatic carbocycles. The van der Waals surface area contributed by atoms with Crippen molar-refractivity contribution in [1.29, 1.82) is 0 Å². The maximum absolute atomic E-state index is 12.4. The van der Waals surface area contributed by atoms with Crippen LogP contribution < -0.4 is 0 Å². The molecule has 0 aliphatic heterocycles. The number of hydrogen-bond donors (Lipinski definition) is 1. The third-order valence-electron chi connectivity index (χ3n) is 1.19. The van der Waals surface area contributed by atoms with Gasteiger partial charge in [0.25, 0.3) is 0 Å². The summed E-state index contributed by atoms with van der Waals surface area (Å²) in [6, 6.07) is 0. The van der Waals surface area contributed by atoms with Gasteiger partial charge in [0.05, 0.1) is 4.47 Å². The van der Waals surface area contributed by atoms with Crippen LogP contribution in [-0.4, -0.2) is 5.11 Å². The third kappa shape index (κ3) is 1.16. The summed E-state index contributed by atoms with van der Waals surface area (Å²) in [4.78, 5) is 0. The zero-order chi connectivity index (χ0) is 9.46. The van der Waals surface area contributed by atoms with E-state index in [2.05, 4.69) is 15.9 Å². The fourth-order valence-electron chi connectivity index (χ4n) is 0.593. The van der Waals surface area contributed by atoms with Crippen molar-refractivity contribution in [1.82, 2.24) is 0 Å². The van der Waals surface area contributed by atoms with Crippen molar-refractivity contribution in [2.75, 3.05) is 0 Å². The highest BCUT2D eigenvalue weighted by Gasteiger charge is 2.23. The molecule has 0 saturated heterocycles. The van der Waals surface area contributed by atoms with Gasteiger partial charge in [0.2, 0.25) is 11.6 Å². The van der Waals surface area contributed by atoms with Crippen molar-refractivity contribution < 1.29 is 22.7 Å². The van der Waals surface area contributed by atoms with E-state index in [1.807, 2.05) is 0 Å². The van der Waals surface area contributed by atoms with Crippen LogP contribution in [0.5, 0.6) is 5.75 Å². The molecule has 1 nitrogen and oxygen atoms in total. The lowest BCUT2D eigenvalue weighted by atomic mass is 10.3. The van der Waals surface area contributed by atoms with Crippen LogP contribution >= 0.6 is 15.9 Å². The van der Waals surface area contributed by atoms with Crippen LogP contribution in [-0.2, 0) is 0 Å². The van der Waals surface area contributed by atoms with E-state index in [1.165, 1.54) is 0 Å². The lowest BCUT2D eigenvalue weighted by Crippen LogP contribution is -1.96. The predicted octanol–water partition coefficient (Wildman–Crippen LogP) is 2.71. The topological polar surface area (TPSA) is 20.2 Å². The molecule has 0 unspecified atom stereocenters. The zero-order valence-electron chi connectivity index (χ0n) is 5.34. The van der Waals surface area contributed by atoms with E-state index in [1.54, 1.807) is 0 Å². The highest BCUT2D eigenvalue weighted by molar-refractivity contribution is 9.10. The minimum absolute atomic E-state index is 0.977. The molecule has 0 aliphatic rings. The predicted molar refractivity (Wildman–Crippen MR) is 35.6 cm³/mol. The molecule has 66 valence electrons. The number of rotatable bonds is 0. The number of phenols is 1. The smallest absolute Gasteiger partial charge is 0.204 e. The van der Waals surface area contributed by atoms with Crippen molar-refractivity contribution in [3.05, 3.63) is 27.7 Å². The second-order valence-electron chi connectivity index (χ2n) is 1.92. The Balaban J connectivity index is 3.60. The minimum atomic E-state index is -1.82. The van der Waals surface area contributed by atoms with Crippen LogP contribution in [0.4, 0.5) is 17.6 Å². The van der Waals surface area contributed by atoms with Gasteiger partial charge >= 0.3 is 0 Å². The summed E-state index contributed by atoms with van der Waals surface area (Å²) in [7, 11) is 0. The first-order valence-electron chi connectivity index (χ1n) is 2.67. The second kappa shape index (κ2) is 2.93. The van der Waals surface area contributed by atoms with E-state index >= 15 is 0 Å². The number of phenolic OH excluding ortho intramolecular Hbond substituents is 1. The fourth-order valence-corrected chi connectivity index (χ4v) is 0.941. The summed E-state index contributed by atoms with van der Waals surface area (Å²) in [5, 5.41) is 8.44. The average Bonchev–Trinajstić information content (AvgIpc) is 2.08. The first-order chi connectivity index (χ1) is 5.46. The van der Waals surface area contributed by atoms with E-state index in [9.17, 15) is 17.6 Å². The average molecular weight is 245 g/mol. The van der Waals surface area contributed by atoms with Crippen LogP contribution in [0.2, 0.25) is 0 Å². The summed E-state index contributed by atoms with van der Waals surface area (Å²) in [5.41, 5.74) is 0. The van der Waals surface area contributed by atoms with Crippen molar-refractivity contribution in [2.24, 2.45) is 0 Å². The summed E-state index contributed by atoms with van der Waals surface area (Å²) in [6.07, 6.45) is 0. The van der Waals surface area contributed by atoms with Crippen LogP contribution in [0.25, 0.3) is 0 Å². The third-order valence-corrected chi connectivity index (χ3v) is 1.88. The van der Waals surface area contributed by atoms with E-state index in [-0.39, 0.29) is 0 Å². The number of halogens is 5. The molecule has 0 radical (unpaired) electrons. The van der Waals surface area contributed by atoms with E-state index in [0.717, 1.165) is 0 Å². The Morgan fingerprint density at radius 2 is 1.17 bits per heavy atom. The van der Waals surface area contributed by atoms with Gasteiger partial charge in [-0.2, -0.15) is 8.78 Å². The Morgan fingerprint density at radius 1 is 0.833 bits per heavy atom. The summed E-state index contributed by atoms with van der Waals surface area (Å²) in [6.45, 7) is 0. The standard InChI is InChI=1S/C6HBrF4O/c7-1-2(8)4(10)6(12)5(11)3(1)9/h12H. The SMILES string of the molecule is Oc1c(F)c(F)c(Br)c(F)c1F. The largest absolute Gasteiger partial charge is 0.503 e. The van der Waals surface area contributed by atoms with Gasteiger partial charge in [-0.1, -0.05) is 0 Å². The van der Waals surface area contributed by atoms with Gasteiger partial charge in [-0.05, 0) is 15.9 Å². The van der Waals surface area contributed by atoms with E-state index in [4.69, 9.17) is 5.11 Å². The van der Waals surface area contributed by atoms with Gasteiger partial charge in [-0.15, -0.1) is 0 Å². The van der Waals surface area contributed by atoms with Crippen LogP contribution in [0.1, 0.15) is 0 Å². The zero-order valence-corrected chi connectivity index (χ0v) is 6.92. The minimum Gasteiger partial charge on any atom is -0.503 e. The first-order valence-corrected chi connectivity index (χ1v) is 3.46. The molecule has 0 heterocycles. The van der Waals surface area contributed by atoms with Crippen LogP contribution in [0.15, 0.2) is 4.47 Å². The highest BCUT2D eigenvalue weighted by atomic mass is 79.9. The Labute approximate surface area is 72.8 Å². The molecule has 1 aromatic rings. The van der Waals surface area contributed by atoms with Crippen molar-refractivity contribution >= 4 is 15.9 Å². The normalized spacial score (nSPS) is 10.4. The number of aromatic hydroxyl groups is 1. The number of benzene rings is 1. The Morgan fingerprint density at radius 3 is 1.50 bits per heavy atom. The molecule has 6 heteroatoms. The maximum Gasteiger partial charge on any atom is 0.204 e. The maximum atomic E-state index is 12.4. The molecule has 1 rings (SSSR count). The van der Waals surface area contributed by atoms with Crippen molar-refractivity contribution in [2.45, 2.75) is 0 Å². The molecule has 0 saturated carbocycles. The van der Waals surface area contributed by atoms with Gasteiger partial charge in [-0.25, -0.2) is 8.78 Å². The Bertz CT molecular complexity index is 234. The van der Waals surface area contributed by atoms with Gasteiger partial charge in [0.1, 0.15) is 0 Å².